The summed E-state index contributed by atoms with van der Waals surface area (Å²) in [6.07, 6.45) is 4.29. The van der Waals surface area contributed by atoms with E-state index in [1.54, 1.807) is 0 Å². The monoisotopic (exact) mass is 228 g/mol. The fourth-order valence-electron chi connectivity index (χ4n) is 2.35. The minimum absolute atomic E-state index is 0.264. The zero-order valence-electron chi connectivity index (χ0n) is 10.1. The zero-order valence-corrected chi connectivity index (χ0v) is 10.1. The lowest BCUT2D eigenvalue weighted by molar-refractivity contribution is -0.0863. The molecule has 16 heavy (non-hydrogen) atoms. The van der Waals surface area contributed by atoms with Crippen molar-refractivity contribution in [1.29, 1.82) is 0 Å². The van der Waals surface area contributed by atoms with Gasteiger partial charge in [0.15, 0.2) is 0 Å². The Morgan fingerprint density at radius 3 is 2.81 bits per heavy atom. The Labute approximate surface area is 98.3 Å². The SMILES string of the molecule is C1CCN(CCCNCC2COCCO2)C1. The zero-order chi connectivity index (χ0) is 11.1. The van der Waals surface area contributed by atoms with Crippen LogP contribution in [-0.2, 0) is 9.47 Å². The topological polar surface area (TPSA) is 33.7 Å². The van der Waals surface area contributed by atoms with Crippen LogP contribution >= 0.6 is 0 Å². The quantitative estimate of drug-likeness (QED) is 0.670. The number of rotatable bonds is 6. The minimum Gasteiger partial charge on any atom is -0.376 e. The van der Waals surface area contributed by atoms with E-state index >= 15 is 0 Å². The summed E-state index contributed by atoms with van der Waals surface area (Å²) in [5.74, 6) is 0. The van der Waals surface area contributed by atoms with Crippen LogP contribution in [0.3, 0.4) is 0 Å². The second-order valence-corrected chi connectivity index (χ2v) is 4.67. The molecule has 2 rings (SSSR count). The normalized spacial score (nSPS) is 27.4. The predicted molar refractivity (Wildman–Crippen MR) is 63.7 cm³/mol. The van der Waals surface area contributed by atoms with E-state index in [4.69, 9.17) is 9.47 Å². The summed E-state index contributed by atoms with van der Waals surface area (Å²) in [4.78, 5) is 2.56. The van der Waals surface area contributed by atoms with E-state index in [-0.39, 0.29) is 6.10 Å². The van der Waals surface area contributed by atoms with Crippen molar-refractivity contribution in [2.75, 3.05) is 52.5 Å². The molecule has 94 valence electrons. The molecule has 0 aliphatic carbocycles. The van der Waals surface area contributed by atoms with Crippen LogP contribution < -0.4 is 5.32 Å². The first-order valence-corrected chi connectivity index (χ1v) is 6.57. The second-order valence-electron chi connectivity index (χ2n) is 4.67. The van der Waals surface area contributed by atoms with Crippen molar-refractivity contribution >= 4 is 0 Å². The van der Waals surface area contributed by atoms with Crippen molar-refractivity contribution in [2.45, 2.75) is 25.4 Å². The molecule has 2 heterocycles. The van der Waals surface area contributed by atoms with Gasteiger partial charge in [-0.2, -0.15) is 0 Å². The molecule has 1 atom stereocenters. The van der Waals surface area contributed by atoms with Gasteiger partial charge in [-0.05, 0) is 45.4 Å². The van der Waals surface area contributed by atoms with Gasteiger partial charge in [0.05, 0.1) is 25.9 Å². The van der Waals surface area contributed by atoms with Crippen LogP contribution in [0, 0.1) is 0 Å². The third-order valence-electron chi connectivity index (χ3n) is 3.28. The van der Waals surface area contributed by atoms with Crippen molar-refractivity contribution in [2.24, 2.45) is 0 Å². The van der Waals surface area contributed by atoms with E-state index in [1.807, 2.05) is 0 Å². The molecule has 0 spiro atoms. The van der Waals surface area contributed by atoms with E-state index in [9.17, 15) is 0 Å². The molecule has 0 aromatic rings. The van der Waals surface area contributed by atoms with Crippen LogP contribution in [0.1, 0.15) is 19.3 Å². The maximum absolute atomic E-state index is 5.56. The summed E-state index contributed by atoms with van der Waals surface area (Å²) in [6, 6.07) is 0. The summed E-state index contributed by atoms with van der Waals surface area (Å²) < 4.78 is 10.9. The molecule has 0 aromatic carbocycles. The number of nitrogens with zero attached hydrogens (tertiary/aromatic N) is 1. The van der Waals surface area contributed by atoms with E-state index in [1.165, 1.54) is 38.9 Å². The highest BCUT2D eigenvalue weighted by Gasteiger charge is 2.13. The van der Waals surface area contributed by atoms with Gasteiger partial charge >= 0.3 is 0 Å². The molecule has 2 saturated heterocycles. The summed E-state index contributed by atoms with van der Waals surface area (Å²) >= 11 is 0. The lowest BCUT2D eigenvalue weighted by Crippen LogP contribution is -2.38. The van der Waals surface area contributed by atoms with E-state index < -0.39 is 0 Å². The van der Waals surface area contributed by atoms with Crippen LogP contribution in [0.15, 0.2) is 0 Å². The number of hydrogen-bond acceptors (Lipinski definition) is 4. The number of nitrogens with one attached hydrogen (secondary N) is 1. The van der Waals surface area contributed by atoms with Crippen molar-refractivity contribution < 1.29 is 9.47 Å². The van der Waals surface area contributed by atoms with E-state index in [2.05, 4.69) is 10.2 Å². The smallest absolute Gasteiger partial charge is 0.0933 e. The van der Waals surface area contributed by atoms with E-state index in [0.29, 0.717) is 0 Å². The Balaban J connectivity index is 1.42. The van der Waals surface area contributed by atoms with Crippen molar-refractivity contribution in [1.82, 2.24) is 10.2 Å². The van der Waals surface area contributed by atoms with Gasteiger partial charge in [-0.15, -0.1) is 0 Å². The first kappa shape index (κ1) is 12.3. The van der Waals surface area contributed by atoms with Gasteiger partial charge in [-0.25, -0.2) is 0 Å². The van der Waals surface area contributed by atoms with E-state index in [0.717, 1.165) is 32.9 Å². The maximum atomic E-state index is 5.56. The van der Waals surface area contributed by atoms with Crippen LogP contribution in [-0.4, -0.2) is 63.5 Å². The Morgan fingerprint density at radius 1 is 1.19 bits per heavy atom. The largest absolute Gasteiger partial charge is 0.376 e. The molecule has 1 unspecified atom stereocenters. The molecule has 4 nitrogen and oxygen atoms in total. The van der Waals surface area contributed by atoms with Gasteiger partial charge < -0.3 is 19.7 Å². The molecule has 1 N–H and O–H groups in total. The minimum atomic E-state index is 0.264. The summed E-state index contributed by atoms with van der Waals surface area (Å²) in [6.45, 7) is 8.13. The standard InChI is InChI=1S/C12H24N2O2/c1-2-6-14(5-1)7-3-4-13-10-12-11-15-8-9-16-12/h12-13H,1-11H2. The Kier molecular flexibility index (Phi) is 5.55. The summed E-state index contributed by atoms with van der Waals surface area (Å²) in [5, 5.41) is 3.45. The van der Waals surface area contributed by atoms with Crippen LogP contribution in [0.2, 0.25) is 0 Å². The fourth-order valence-corrected chi connectivity index (χ4v) is 2.35. The molecule has 0 aromatic heterocycles. The molecule has 0 amide bonds. The van der Waals surface area contributed by atoms with Crippen LogP contribution in [0.5, 0.6) is 0 Å². The average molecular weight is 228 g/mol. The van der Waals surface area contributed by atoms with Gasteiger partial charge in [-0.1, -0.05) is 0 Å². The maximum Gasteiger partial charge on any atom is 0.0933 e. The summed E-state index contributed by atoms with van der Waals surface area (Å²) in [7, 11) is 0. The van der Waals surface area contributed by atoms with Gasteiger partial charge in [0.2, 0.25) is 0 Å². The molecule has 0 radical (unpaired) electrons. The molecular formula is C12H24N2O2. The molecule has 0 bridgehead atoms. The fraction of sp³-hybridized carbons (Fsp3) is 1.00. The Bertz CT molecular complexity index is 178. The third-order valence-corrected chi connectivity index (χ3v) is 3.28. The van der Waals surface area contributed by atoms with Gasteiger partial charge in [0.25, 0.3) is 0 Å². The molecule has 2 fully saturated rings. The number of hydrogen-bond donors (Lipinski definition) is 1. The lowest BCUT2D eigenvalue weighted by Gasteiger charge is -2.23. The third kappa shape index (κ3) is 4.37. The van der Waals surface area contributed by atoms with Gasteiger partial charge in [0, 0.05) is 6.54 Å². The Hall–Kier alpha value is -0.160. The predicted octanol–water partition coefficient (Wildman–Crippen LogP) is 0.477. The highest BCUT2D eigenvalue weighted by atomic mass is 16.6. The Morgan fingerprint density at radius 2 is 2.06 bits per heavy atom. The van der Waals surface area contributed by atoms with Crippen molar-refractivity contribution in [3.63, 3.8) is 0 Å². The lowest BCUT2D eigenvalue weighted by atomic mass is 10.3. The highest BCUT2D eigenvalue weighted by molar-refractivity contribution is 4.67. The number of ether oxygens (including phenoxy) is 2. The first-order chi connectivity index (χ1) is 7.95. The summed E-state index contributed by atoms with van der Waals surface area (Å²) in [5.41, 5.74) is 0. The average Bonchev–Trinajstić information content (AvgIpc) is 2.83. The molecular weight excluding hydrogens is 204 g/mol. The molecule has 4 heteroatoms. The molecule has 0 saturated carbocycles. The van der Waals surface area contributed by atoms with Gasteiger partial charge in [-0.3, -0.25) is 0 Å². The van der Waals surface area contributed by atoms with Gasteiger partial charge in [0.1, 0.15) is 0 Å². The molecule has 2 aliphatic rings. The van der Waals surface area contributed by atoms with Crippen LogP contribution in [0.4, 0.5) is 0 Å². The first-order valence-electron chi connectivity index (χ1n) is 6.57. The second kappa shape index (κ2) is 7.22. The van der Waals surface area contributed by atoms with Crippen LogP contribution in [0.25, 0.3) is 0 Å². The van der Waals surface area contributed by atoms with Crippen molar-refractivity contribution in [3.05, 3.63) is 0 Å². The van der Waals surface area contributed by atoms with Crippen molar-refractivity contribution in [3.8, 4) is 0 Å². The highest BCUT2D eigenvalue weighted by Crippen LogP contribution is 2.06. The molecule has 2 aliphatic heterocycles. The number of likely N-dealkylation sites (tertiary alicyclic amines) is 1.